The highest BCUT2D eigenvalue weighted by molar-refractivity contribution is 7.99. The lowest BCUT2D eigenvalue weighted by Gasteiger charge is -2.05. The Morgan fingerprint density at radius 2 is 2.00 bits per heavy atom. The van der Waals surface area contributed by atoms with Crippen molar-refractivity contribution in [3.8, 4) is 0 Å². The molecule has 0 amide bonds. The number of Topliss-reactive ketones (excluding diaryl/α,β-unsaturated/α-hetero) is 1. The van der Waals surface area contributed by atoms with Crippen LogP contribution in [0, 0.1) is 13.8 Å². The zero-order valence-electron chi connectivity index (χ0n) is 14.3. The molecule has 4 rings (SSSR count). The molecule has 0 fully saturated rings. The number of aromatic nitrogens is 4. The molecule has 0 spiro atoms. The molecule has 0 radical (unpaired) electrons. The van der Waals surface area contributed by atoms with Crippen LogP contribution in [-0.2, 0) is 0 Å². The van der Waals surface area contributed by atoms with Crippen molar-refractivity contribution in [2.24, 2.45) is 0 Å². The number of thioether (sulfide) groups is 1. The predicted octanol–water partition coefficient (Wildman–Crippen LogP) is 3.39. The number of carbonyl (C=O) groups excluding carboxylic acids is 1. The standard InChI is InChI=1S/C19H16N4O2S/c1-10-7-11(2)21-17-16(10)18(25)23-19(22-17)26-9-15(24)13-8-20-14-6-4-3-5-12(13)14/h3-8,20H,9H2,1-2H3,(H,21,22,23,25). The summed E-state index contributed by atoms with van der Waals surface area (Å²) in [6.45, 7) is 3.73. The average Bonchev–Trinajstić information content (AvgIpc) is 3.03. The highest BCUT2D eigenvalue weighted by atomic mass is 32.2. The van der Waals surface area contributed by atoms with Gasteiger partial charge in [0.2, 0.25) is 0 Å². The first-order valence-corrected chi connectivity index (χ1v) is 9.12. The number of benzene rings is 1. The van der Waals surface area contributed by atoms with Gasteiger partial charge in [0.15, 0.2) is 16.6 Å². The second-order valence-electron chi connectivity index (χ2n) is 6.11. The molecule has 4 aromatic rings. The topological polar surface area (TPSA) is 91.5 Å². The molecule has 130 valence electrons. The van der Waals surface area contributed by atoms with Crippen molar-refractivity contribution in [3.05, 3.63) is 63.7 Å². The minimum atomic E-state index is -0.234. The van der Waals surface area contributed by atoms with Crippen molar-refractivity contribution in [1.82, 2.24) is 19.9 Å². The van der Waals surface area contributed by atoms with E-state index in [1.54, 1.807) is 6.20 Å². The highest BCUT2D eigenvalue weighted by Gasteiger charge is 2.14. The minimum absolute atomic E-state index is 0.0245. The van der Waals surface area contributed by atoms with Crippen LogP contribution in [0.15, 0.2) is 46.5 Å². The number of H-pyrrole nitrogens is 2. The molecule has 7 heteroatoms. The Bertz CT molecular complexity index is 1210. The molecular weight excluding hydrogens is 348 g/mol. The summed E-state index contributed by atoms with van der Waals surface area (Å²) in [6, 6.07) is 9.52. The molecule has 0 unspecified atom stereocenters. The lowest BCUT2D eigenvalue weighted by atomic mass is 10.1. The Hall–Kier alpha value is -2.93. The molecule has 0 aliphatic carbocycles. The summed E-state index contributed by atoms with van der Waals surface area (Å²) in [6.07, 6.45) is 1.72. The van der Waals surface area contributed by atoms with Gasteiger partial charge in [0.25, 0.3) is 5.56 Å². The van der Waals surface area contributed by atoms with Gasteiger partial charge in [-0.2, -0.15) is 0 Å². The highest BCUT2D eigenvalue weighted by Crippen LogP contribution is 2.22. The Kier molecular flexibility index (Phi) is 4.08. The number of hydrogen-bond donors (Lipinski definition) is 2. The molecule has 1 aromatic carbocycles. The van der Waals surface area contributed by atoms with E-state index in [4.69, 9.17) is 0 Å². The van der Waals surface area contributed by atoms with Gasteiger partial charge in [0.05, 0.1) is 11.1 Å². The van der Waals surface area contributed by atoms with E-state index in [1.807, 2.05) is 44.2 Å². The molecule has 6 nitrogen and oxygen atoms in total. The van der Waals surface area contributed by atoms with E-state index >= 15 is 0 Å². The molecule has 0 saturated carbocycles. The lowest BCUT2D eigenvalue weighted by molar-refractivity contribution is 0.102. The molecule has 3 heterocycles. The van der Waals surface area contributed by atoms with Crippen molar-refractivity contribution in [2.75, 3.05) is 5.75 Å². The quantitative estimate of drug-likeness (QED) is 0.329. The predicted molar refractivity (Wildman–Crippen MR) is 103 cm³/mol. The van der Waals surface area contributed by atoms with E-state index in [1.165, 1.54) is 11.8 Å². The van der Waals surface area contributed by atoms with Gasteiger partial charge in [-0.1, -0.05) is 30.0 Å². The van der Waals surface area contributed by atoms with Crippen LogP contribution >= 0.6 is 11.8 Å². The van der Waals surface area contributed by atoms with E-state index in [9.17, 15) is 9.59 Å². The van der Waals surface area contributed by atoms with Gasteiger partial charge >= 0.3 is 0 Å². The fourth-order valence-corrected chi connectivity index (χ4v) is 3.78. The summed E-state index contributed by atoms with van der Waals surface area (Å²) in [7, 11) is 0. The maximum Gasteiger partial charge on any atom is 0.261 e. The number of fused-ring (bicyclic) bond motifs is 2. The summed E-state index contributed by atoms with van der Waals surface area (Å²) in [5.74, 6) is 0.157. The van der Waals surface area contributed by atoms with Gasteiger partial charge in [-0.15, -0.1) is 0 Å². The van der Waals surface area contributed by atoms with E-state index in [0.29, 0.717) is 21.8 Å². The van der Waals surface area contributed by atoms with E-state index < -0.39 is 0 Å². The second kappa shape index (κ2) is 6.42. The summed E-state index contributed by atoms with van der Waals surface area (Å²) in [4.78, 5) is 39.5. The number of nitrogens with one attached hydrogen (secondary N) is 2. The van der Waals surface area contributed by atoms with Crippen LogP contribution in [-0.4, -0.2) is 31.5 Å². The minimum Gasteiger partial charge on any atom is -0.360 e. The number of aromatic amines is 2. The Balaban J connectivity index is 1.62. The molecule has 0 aliphatic rings. The van der Waals surface area contributed by atoms with Gasteiger partial charge in [0, 0.05) is 28.4 Å². The van der Waals surface area contributed by atoms with E-state index in [-0.39, 0.29) is 17.1 Å². The smallest absolute Gasteiger partial charge is 0.261 e. The third-order valence-corrected chi connectivity index (χ3v) is 5.08. The Morgan fingerprint density at radius 3 is 2.85 bits per heavy atom. The number of carbonyl (C=O) groups is 1. The summed E-state index contributed by atoms with van der Waals surface area (Å²) < 4.78 is 0. The van der Waals surface area contributed by atoms with Gasteiger partial charge in [-0.05, 0) is 31.5 Å². The molecule has 2 N–H and O–H groups in total. The number of nitrogens with zero attached hydrogens (tertiary/aromatic N) is 2. The zero-order valence-corrected chi connectivity index (χ0v) is 15.1. The van der Waals surface area contributed by atoms with Gasteiger partial charge in [-0.3, -0.25) is 9.59 Å². The maximum absolute atomic E-state index is 12.6. The van der Waals surface area contributed by atoms with E-state index in [2.05, 4.69) is 19.9 Å². The monoisotopic (exact) mass is 364 g/mol. The first kappa shape index (κ1) is 16.5. The average molecular weight is 364 g/mol. The van der Waals surface area contributed by atoms with E-state index in [0.717, 1.165) is 22.2 Å². The molecule has 0 bridgehead atoms. The second-order valence-corrected chi connectivity index (χ2v) is 7.07. The molecular formula is C19H16N4O2S. The largest absolute Gasteiger partial charge is 0.360 e. The zero-order chi connectivity index (χ0) is 18.3. The molecule has 26 heavy (non-hydrogen) atoms. The third kappa shape index (κ3) is 2.90. The summed E-state index contributed by atoms with van der Waals surface area (Å²) in [5.41, 5.74) is 3.39. The third-order valence-electron chi connectivity index (χ3n) is 4.21. The van der Waals surface area contributed by atoms with Crippen LogP contribution in [0.1, 0.15) is 21.6 Å². The lowest BCUT2D eigenvalue weighted by Crippen LogP contribution is -2.13. The number of rotatable bonds is 4. The maximum atomic E-state index is 12.6. The summed E-state index contributed by atoms with van der Waals surface area (Å²) in [5, 5.41) is 1.78. The van der Waals surface area contributed by atoms with Gasteiger partial charge < -0.3 is 9.97 Å². The fourth-order valence-electron chi connectivity index (χ4n) is 3.04. The van der Waals surface area contributed by atoms with Crippen molar-refractivity contribution in [2.45, 2.75) is 19.0 Å². The van der Waals surface area contributed by atoms with Gasteiger partial charge in [-0.25, -0.2) is 9.97 Å². The van der Waals surface area contributed by atoms with Crippen molar-refractivity contribution < 1.29 is 4.79 Å². The SMILES string of the molecule is Cc1cc(C)c2c(=O)[nH]c(SCC(=O)c3c[nH]c4ccccc34)nc2n1. The van der Waals surface area contributed by atoms with Crippen LogP contribution in [0.2, 0.25) is 0 Å². The van der Waals surface area contributed by atoms with Gasteiger partial charge in [0.1, 0.15) is 0 Å². The van der Waals surface area contributed by atoms with Crippen molar-refractivity contribution >= 4 is 39.5 Å². The van der Waals surface area contributed by atoms with Crippen LogP contribution in [0.5, 0.6) is 0 Å². The normalized spacial score (nSPS) is 11.3. The number of para-hydroxylation sites is 1. The number of ketones is 1. The fraction of sp³-hybridized carbons (Fsp3) is 0.158. The molecule has 3 aromatic heterocycles. The Labute approximate surface area is 153 Å². The molecule has 0 aliphatic heterocycles. The van der Waals surface area contributed by atoms with Crippen molar-refractivity contribution in [3.63, 3.8) is 0 Å². The first-order valence-electron chi connectivity index (χ1n) is 8.13. The van der Waals surface area contributed by atoms with Crippen LogP contribution in [0.4, 0.5) is 0 Å². The van der Waals surface area contributed by atoms with Crippen molar-refractivity contribution in [1.29, 1.82) is 0 Å². The number of hydrogen-bond acceptors (Lipinski definition) is 5. The number of pyridine rings is 1. The number of aryl methyl sites for hydroxylation is 2. The van der Waals surface area contributed by atoms with Crippen LogP contribution in [0.3, 0.4) is 0 Å². The first-order chi connectivity index (χ1) is 12.5. The molecule has 0 saturated heterocycles. The molecule has 0 atom stereocenters. The van der Waals surface area contributed by atoms with Crippen LogP contribution < -0.4 is 5.56 Å². The Morgan fingerprint density at radius 1 is 1.19 bits per heavy atom. The van der Waals surface area contributed by atoms with Crippen LogP contribution in [0.25, 0.3) is 21.9 Å². The summed E-state index contributed by atoms with van der Waals surface area (Å²) >= 11 is 1.21.